The molecule has 1 aromatic rings. The molecule has 118 valence electrons. The Morgan fingerprint density at radius 2 is 2.05 bits per heavy atom. The molecule has 1 unspecified atom stereocenters. The molecule has 0 spiro atoms. The summed E-state index contributed by atoms with van der Waals surface area (Å²) in [6.45, 7) is 6.69. The van der Waals surface area contributed by atoms with Gasteiger partial charge in [0.2, 0.25) is 0 Å². The Bertz CT molecular complexity index is 616. The van der Waals surface area contributed by atoms with Gasteiger partial charge in [-0.25, -0.2) is 8.78 Å². The molecule has 0 radical (unpaired) electrons. The summed E-state index contributed by atoms with van der Waals surface area (Å²) in [5.74, 6) is 0.443. The Balaban J connectivity index is 2.11. The van der Waals surface area contributed by atoms with E-state index in [-0.39, 0.29) is 5.41 Å². The highest BCUT2D eigenvalue weighted by molar-refractivity contribution is 5.65. The number of alkyl halides is 2. The molecule has 0 bridgehead atoms. The molecule has 22 heavy (non-hydrogen) atoms. The van der Waals surface area contributed by atoms with Gasteiger partial charge in [-0.3, -0.25) is 0 Å². The summed E-state index contributed by atoms with van der Waals surface area (Å²) in [5, 5.41) is 0. The number of benzene rings is 1. The molecule has 0 fully saturated rings. The quantitative estimate of drug-likeness (QED) is 0.724. The van der Waals surface area contributed by atoms with Crippen LogP contribution in [0.4, 0.5) is 14.5 Å². The van der Waals surface area contributed by atoms with E-state index in [1.54, 1.807) is 23.3 Å². The van der Waals surface area contributed by atoms with Crippen molar-refractivity contribution in [3.05, 3.63) is 53.8 Å². The minimum atomic E-state index is -2.40. The lowest BCUT2D eigenvalue weighted by Gasteiger charge is -2.32. The van der Waals surface area contributed by atoms with Crippen LogP contribution in [0.15, 0.2) is 42.6 Å². The predicted molar refractivity (Wildman–Crippen MR) is 87.7 cm³/mol. The van der Waals surface area contributed by atoms with E-state index in [4.69, 9.17) is 0 Å². The lowest BCUT2D eigenvalue weighted by atomic mass is 9.86. The van der Waals surface area contributed by atoms with Crippen molar-refractivity contribution in [2.24, 2.45) is 0 Å². The number of halogens is 2. The van der Waals surface area contributed by atoms with Crippen LogP contribution in [0, 0.1) is 0 Å². The first-order valence-electron chi connectivity index (χ1n) is 8.00. The molecule has 3 heteroatoms. The normalized spacial score (nSPS) is 25.8. The van der Waals surface area contributed by atoms with Gasteiger partial charge >= 0.3 is 0 Å². The molecular weight excluding hydrogens is 280 g/mol. The topological polar surface area (TPSA) is 3.24 Å². The fourth-order valence-electron chi connectivity index (χ4n) is 3.93. The molecule has 0 saturated heterocycles. The fraction of sp³-hybridized carbons (Fsp3) is 0.474. The van der Waals surface area contributed by atoms with Gasteiger partial charge < -0.3 is 4.90 Å². The summed E-state index contributed by atoms with van der Waals surface area (Å²) < 4.78 is 26.8. The van der Waals surface area contributed by atoms with Gasteiger partial charge in [0, 0.05) is 11.9 Å². The smallest absolute Gasteiger partial charge is 0.262 e. The van der Waals surface area contributed by atoms with Crippen molar-refractivity contribution in [3.63, 3.8) is 0 Å². The lowest BCUT2D eigenvalue weighted by Crippen LogP contribution is -2.37. The molecule has 1 heterocycles. The van der Waals surface area contributed by atoms with E-state index in [1.165, 1.54) is 11.1 Å². The highest BCUT2D eigenvalue weighted by Gasteiger charge is 2.39. The predicted octanol–water partition coefficient (Wildman–Crippen LogP) is 5.39. The van der Waals surface area contributed by atoms with E-state index in [2.05, 4.69) is 26.8 Å². The van der Waals surface area contributed by atoms with Crippen LogP contribution in [0.3, 0.4) is 0 Å². The van der Waals surface area contributed by atoms with Crippen molar-refractivity contribution < 1.29 is 8.78 Å². The summed E-state index contributed by atoms with van der Waals surface area (Å²) in [6.07, 6.45) is 6.64. The summed E-state index contributed by atoms with van der Waals surface area (Å²) in [7, 11) is 0. The average molecular weight is 303 g/mol. The van der Waals surface area contributed by atoms with Gasteiger partial charge in [-0.1, -0.05) is 45.1 Å². The molecule has 1 aliphatic heterocycles. The number of anilines is 1. The lowest BCUT2D eigenvalue weighted by molar-refractivity contribution is 0.132. The van der Waals surface area contributed by atoms with Crippen LogP contribution in [-0.4, -0.2) is 12.5 Å². The van der Waals surface area contributed by atoms with Crippen LogP contribution in [-0.2, 0) is 5.41 Å². The van der Waals surface area contributed by atoms with Crippen LogP contribution in [0.1, 0.15) is 50.7 Å². The third kappa shape index (κ3) is 2.37. The zero-order chi connectivity index (χ0) is 15.9. The molecule has 2 aliphatic rings. The van der Waals surface area contributed by atoms with E-state index < -0.39 is 12.5 Å². The van der Waals surface area contributed by atoms with Crippen molar-refractivity contribution in [1.82, 2.24) is 0 Å². The van der Waals surface area contributed by atoms with Crippen molar-refractivity contribution >= 4 is 5.69 Å². The van der Waals surface area contributed by atoms with Crippen LogP contribution < -0.4 is 4.90 Å². The Kier molecular flexibility index (Phi) is 3.84. The van der Waals surface area contributed by atoms with Crippen molar-refractivity contribution in [2.75, 3.05) is 4.90 Å². The van der Waals surface area contributed by atoms with Crippen molar-refractivity contribution in [2.45, 2.75) is 57.4 Å². The Labute approximate surface area is 131 Å². The van der Waals surface area contributed by atoms with Crippen LogP contribution in [0.5, 0.6) is 0 Å². The molecule has 1 nitrogen and oxygen atoms in total. The zero-order valence-electron chi connectivity index (χ0n) is 13.4. The largest absolute Gasteiger partial charge is 0.335 e. The number of allylic oxidation sites excluding steroid dienone is 2. The number of nitrogens with zero attached hydrogens (tertiary/aromatic N) is 1. The molecule has 1 aliphatic carbocycles. The second kappa shape index (κ2) is 5.53. The Morgan fingerprint density at radius 1 is 1.27 bits per heavy atom. The maximum atomic E-state index is 13.4. The van der Waals surface area contributed by atoms with E-state index in [9.17, 15) is 8.78 Å². The second-order valence-electron chi connectivity index (χ2n) is 6.89. The van der Waals surface area contributed by atoms with Crippen LogP contribution >= 0.6 is 0 Å². The highest BCUT2D eigenvalue weighted by Crippen LogP contribution is 2.51. The van der Waals surface area contributed by atoms with Gasteiger partial charge in [-0.2, -0.15) is 0 Å². The van der Waals surface area contributed by atoms with Gasteiger partial charge in [-0.15, -0.1) is 0 Å². The van der Waals surface area contributed by atoms with Gasteiger partial charge in [0.25, 0.3) is 6.43 Å². The van der Waals surface area contributed by atoms with E-state index in [0.717, 1.165) is 18.5 Å². The maximum absolute atomic E-state index is 13.4. The van der Waals surface area contributed by atoms with Crippen molar-refractivity contribution in [3.8, 4) is 0 Å². The molecular formula is C19H23F2N. The standard InChI is InChI=1S/C19H23F2N/c1-4-13-12-19(2,3)14-8-7-10-15(17(13)14)22-11-6-5-9-16(22)18(20)21/h5-11,13,16,18H,4,12H2,1-3H3/t13-,16?/m1/s1. The average Bonchev–Trinajstić information content (AvgIpc) is 2.78. The molecule has 2 atom stereocenters. The molecule has 0 saturated carbocycles. The van der Waals surface area contributed by atoms with Crippen LogP contribution in [0.25, 0.3) is 0 Å². The minimum absolute atomic E-state index is 0.113. The second-order valence-corrected chi connectivity index (χ2v) is 6.89. The zero-order valence-corrected chi connectivity index (χ0v) is 13.4. The molecule has 1 aromatic carbocycles. The van der Waals surface area contributed by atoms with E-state index >= 15 is 0 Å². The molecule has 0 aromatic heterocycles. The highest BCUT2D eigenvalue weighted by atomic mass is 19.3. The van der Waals surface area contributed by atoms with Crippen LogP contribution in [0.2, 0.25) is 0 Å². The number of hydrogen-bond donors (Lipinski definition) is 0. The first-order chi connectivity index (χ1) is 10.5. The summed E-state index contributed by atoms with van der Waals surface area (Å²) in [4.78, 5) is 1.74. The summed E-state index contributed by atoms with van der Waals surface area (Å²) in [5.41, 5.74) is 3.64. The van der Waals surface area contributed by atoms with Gasteiger partial charge in [0.15, 0.2) is 0 Å². The summed E-state index contributed by atoms with van der Waals surface area (Å²) >= 11 is 0. The van der Waals surface area contributed by atoms with Gasteiger partial charge in [0.05, 0.1) is 0 Å². The van der Waals surface area contributed by atoms with Gasteiger partial charge in [-0.05, 0) is 47.4 Å². The summed E-state index contributed by atoms with van der Waals surface area (Å²) in [6, 6.07) is 5.28. The van der Waals surface area contributed by atoms with E-state index in [1.807, 2.05) is 18.2 Å². The third-order valence-corrected chi connectivity index (χ3v) is 4.99. The number of fused-ring (bicyclic) bond motifs is 1. The minimum Gasteiger partial charge on any atom is -0.335 e. The third-order valence-electron chi connectivity index (χ3n) is 4.99. The SMILES string of the molecule is CC[C@@H]1CC(C)(C)c2cccc(N3C=CC=CC3C(F)F)c21. The maximum Gasteiger partial charge on any atom is 0.262 e. The number of hydrogen-bond acceptors (Lipinski definition) is 1. The van der Waals surface area contributed by atoms with E-state index in [0.29, 0.717) is 5.92 Å². The molecule has 0 N–H and O–H groups in total. The van der Waals surface area contributed by atoms with Crippen molar-refractivity contribution in [1.29, 1.82) is 0 Å². The first kappa shape index (κ1) is 15.3. The first-order valence-corrected chi connectivity index (χ1v) is 8.00. The monoisotopic (exact) mass is 303 g/mol. The Hall–Kier alpha value is -1.64. The Morgan fingerprint density at radius 3 is 2.73 bits per heavy atom. The van der Waals surface area contributed by atoms with Gasteiger partial charge in [0.1, 0.15) is 6.04 Å². The molecule has 0 amide bonds. The molecule has 3 rings (SSSR count). The number of rotatable bonds is 3. The fourth-order valence-corrected chi connectivity index (χ4v) is 3.93.